The molecule has 6 heteroatoms. The fourth-order valence-electron chi connectivity index (χ4n) is 0.679. The third-order valence-corrected chi connectivity index (χ3v) is 2.25. The summed E-state index contributed by atoms with van der Waals surface area (Å²) in [6.07, 6.45) is 1.32. The van der Waals surface area contributed by atoms with Crippen LogP contribution < -0.4 is 0 Å². The molecule has 0 rings (SSSR count). The van der Waals surface area contributed by atoms with E-state index in [1.165, 1.54) is 0 Å². The molecule has 0 heterocycles. The average Bonchev–Trinajstić information content (AvgIpc) is 1.95. The van der Waals surface area contributed by atoms with E-state index in [-0.39, 0.29) is 6.54 Å². The number of hydrogen-bond acceptors (Lipinski definition) is 3. The number of rotatable bonds is 5. The Morgan fingerprint density at radius 1 is 1.58 bits per heavy atom. The lowest BCUT2D eigenvalue weighted by Gasteiger charge is -2.11. The molecule has 0 atom stereocenters. The van der Waals surface area contributed by atoms with Gasteiger partial charge in [0.1, 0.15) is 6.54 Å². The smallest absolute Gasteiger partial charge is 0.197 e. The molecule has 0 aliphatic rings. The Labute approximate surface area is 71.9 Å². The van der Waals surface area contributed by atoms with E-state index in [0.717, 1.165) is 6.42 Å². The monoisotopic (exact) mass is 194 g/mol. The Morgan fingerprint density at radius 2 is 2.17 bits per heavy atom. The SMILES string of the molecule is CCCCN(CC#N)S(=O)(=O)F. The van der Waals surface area contributed by atoms with Crippen molar-refractivity contribution in [2.24, 2.45) is 0 Å². The predicted molar refractivity (Wildman–Crippen MR) is 42.1 cm³/mol. The number of unbranched alkanes of at least 4 members (excludes halogenated alkanes) is 1. The standard InChI is InChI=1S/C6H11FN2O2S/c1-2-3-5-9(6-4-8)12(7,10)11/h2-3,5-6H2,1H3. The van der Waals surface area contributed by atoms with Gasteiger partial charge in [-0.1, -0.05) is 17.2 Å². The fraction of sp³-hybridized carbons (Fsp3) is 0.833. The van der Waals surface area contributed by atoms with Gasteiger partial charge in [0.2, 0.25) is 0 Å². The second kappa shape index (κ2) is 5.06. The maximum absolute atomic E-state index is 12.3. The average molecular weight is 194 g/mol. The van der Waals surface area contributed by atoms with Crippen LogP contribution in [0.1, 0.15) is 19.8 Å². The minimum absolute atomic E-state index is 0.0723. The maximum Gasteiger partial charge on any atom is 0.375 e. The Bertz CT molecular complexity index is 257. The highest BCUT2D eigenvalue weighted by Crippen LogP contribution is 2.03. The van der Waals surface area contributed by atoms with E-state index in [1.54, 1.807) is 6.07 Å². The van der Waals surface area contributed by atoms with Crippen LogP contribution in [0, 0.1) is 11.3 Å². The lowest BCUT2D eigenvalue weighted by molar-refractivity contribution is 0.405. The fourth-order valence-corrected chi connectivity index (χ4v) is 1.24. The first kappa shape index (κ1) is 11.3. The van der Waals surface area contributed by atoms with Crippen molar-refractivity contribution in [3.05, 3.63) is 0 Å². The molecule has 0 aliphatic heterocycles. The van der Waals surface area contributed by atoms with Crippen molar-refractivity contribution in [1.29, 1.82) is 5.26 Å². The quantitative estimate of drug-likeness (QED) is 0.481. The van der Waals surface area contributed by atoms with Gasteiger partial charge in [-0.25, -0.2) is 0 Å². The van der Waals surface area contributed by atoms with Gasteiger partial charge in [-0.2, -0.15) is 18.0 Å². The van der Waals surface area contributed by atoms with E-state index in [0.29, 0.717) is 10.7 Å². The van der Waals surface area contributed by atoms with Crippen molar-refractivity contribution in [1.82, 2.24) is 4.31 Å². The van der Waals surface area contributed by atoms with E-state index < -0.39 is 17.0 Å². The molecule has 0 bridgehead atoms. The number of hydrogen-bond donors (Lipinski definition) is 0. The van der Waals surface area contributed by atoms with Crippen molar-refractivity contribution >= 4 is 10.4 Å². The van der Waals surface area contributed by atoms with Crippen LogP contribution in [0.4, 0.5) is 3.89 Å². The van der Waals surface area contributed by atoms with Gasteiger partial charge in [-0.3, -0.25) is 0 Å². The Kier molecular flexibility index (Phi) is 4.78. The molecule has 0 fully saturated rings. The van der Waals surface area contributed by atoms with Gasteiger partial charge in [0.15, 0.2) is 0 Å². The third-order valence-electron chi connectivity index (χ3n) is 1.32. The normalized spacial score (nSPS) is 11.5. The van der Waals surface area contributed by atoms with Gasteiger partial charge in [0, 0.05) is 6.54 Å². The van der Waals surface area contributed by atoms with Crippen LogP contribution in [-0.4, -0.2) is 25.8 Å². The van der Waals surface area contributed by atoms with Gasteiger partial charge in [-0.05, 0) is 6.42 Å². The summed E-state index contributed by atoms with van der Waals surface area (Å²) >= 11 is 0. The van der Waals surface area contributed by atoms with Crippen LogP contribution in [0.15, 0.2) is 0 Å². The largest absolute Gasteiger partial charge is 0.375 e. The highest BCUT2D eigenvalue weighted by molar-refractivity contribution is 7.83. The topological polar surface area (TPSA) is 61.2 Å². The zero-order chi connectivity index (χ0) is 9.61. The number of nitrogens with zero attached hydrogens (tertiary/aromatic N) is 2. The first-order chi connectivity index (χ1) is 5.52. The molecule has 0 aromatic rings. The second-order valence-electron chi connectivity index (χ2n) is 2.29. The summed E-state index contributed by atoms with van der Waals surface area (Å²) in [5, 5.41) is 8.18. The second-order valence-corrected chi connectivity index (χ2v) is 3.63. The maximum atomic E-state index is 12.3. The summed E-state index contributed by atoms with van der Waals surface area (Å²) in [6, 6.07) is 1.59. The molecule has 0 aromatic carbocycles. The minimum atomic E-state index is -4.69. The molecule has 12 heavy (non-hydrogen) atoms. The summed E-state index contributed by atoms with van der Waals surface area (Å²) in [6.45, 7) is 1.51. The molecule has 0 radical (unpaired) electrons. The van der Waals surface area contributed by atoms with Gasteiger partial charge in [0.25, 0.3) is 0 Å². The molecule has 0 saturated heterocycles. The van der Waals surface area contributed by atoms with Crippen molar-refractivity contribution in [3.63, 3.8) is 0 Å². The van der Waals surface area contributed by atoms with E-state index in [2.05, 4.69) is 0 Å². The highest BCUT2D eigenvalue weighted by Gasteiger charge is 2.19. The Balaban J connectivity index is 4.17. The molecule has 0 aromatic heterocycles. The summed E-state index contributed by atoms with van der Waals surface area (Å²) < 4.78 is 33.5. The van der Waals surface area contributed by atoms with Crippen molar-refractivity contribution in [2.75, 3.05) is 13.1 Å². The first-order valence-corrected chi connectivity index (χ1v) is 4.93. The summed E-state index contributed by atoms with van der Waals surface area (Å²) in [5.74, 6) is 0. The number of halogens is 1. The summed E-state index contributed by atoms with van der Waals surface area (Å²) in [4.78, 5) is 0. The van der Waals surface area contributed by atoms with Crippen molar-refractivity contribution < 1.29 is 12.3 Å². The summed E-state index contributed by atoms with van der Waals surface area (Å²) in [7, 11) is -4.69. The van der Waals surface area contributed by atoms with Crippen LogP contribution in [0.2, 0.25) is 0 Å². The highest BCUT2D eigenvalue weighted by atomic mass is 32.3. The van der Waals surface area contributed by atoms with Crippen molar-refractivity contribution in [2.45, 2.75) is 19.8 Å². The zero-order valence-electron chi connectivity index (χ0n) is 6.83. The lowest BCUT2D eigenvalue weighted by Crippen LogP contribution is -2.29. The van der Waals surface area contributed by atoms with E-state index >= 15 is 0 Å². The molecule has 0 amide bonds. The van der Waals surface area contributed by atoms with Crippen LogP contribution >= 0.6 is 0 Å². The van der Waals surface area contributed by atoms with Crippen LogP contribution in [0.3, 0.4) is 0 Å². The number of nitriles is 1. The molecular formula is C6H11FN2O2S. The lowest BCUT2D eigenvalue weighted by atomic mass is 10.3. The molecule has 0 unspecified atom stereocenters. The van der Waals surface area contributed by atoms with Gasteiger partial charge in [0.05, 0.1) is 6.07 Å². The molecule has 0 N–H and O–H groups in total. The van der Waals surface area contributed by atoms with Gasteiger partial charge in [-0.15, -0.1) is 0 Å². The van der Waals surface area contributed by atoms with E-state index in [4.69, 9.17) is 5.26 Å². The van der Waals surface area contributed by atoms with Crippen LogP contribution in [0.5, 0.6) is 0 Å². The molecule has 0 saturated carbocycles. The van der Waals surface area contributed by atoms with Crippen LogP contribution in [-0.2, 0) is 10.4 Å². The zero-order valence-corrected chi connectivity index (χ0v) is 7.64. The molecule has 0 aliphatic carbocycles. The molecule has 0 spiro atoms. The Hall–Kier alpha value is -0.670. The molecular weight excluding hydrogens is 183 g/mol. The van der Waals surface area contributed by atoms with Gasteiger partial charge >= 0.3 is 10.4 Å². The predicted octanol–water partition coefficient (Wildman–Crippen LogP) is 0.826. The van der Waals surface area contributed by atoms with E-state index in [9.17, 15) is 12.3 Å². The molecule has 70 valence electrons. The third kappa shape index (κ3) is 4.26. The Morgan fingerprint density at radius 3 is 2.50 bits per heavy atom. The van der Waals surface area contributed by atoms with Gasteiger partial charge < -0.3 is 0 Å². The van der Waals surface area contributed by atoms with Crippen molar-refractivity contribution in [3.8, 4) is 6.07 Å². The van der Waals surface area contributed by atoms with E-state index in [1.807, 2.05) is 6.92 Å². The summed E-state index contributed by atoms with van der Waals surface area (Å²) in [5.41, 5.74) is 0. The first-order valence-electron chi connectivity index (χ1n) is 3.59. The molecule has 4 nitrogen and oxygen atoms in total. The minimum Gasteiger partial charge on any atom is -0.197 e. The van der Waals surface area contributed by atoms with Crippen LogP contribution in [0.25, 0.3) is 0 Å².